The predicted octanol–water partition coefficient (Wildman–Crippen LogP) is 0.586. The Hall–Kier alpha value is -1.36. The monoisotopic (exact) mass is 222 g/mol. The van der Waals surface area contributed by atoms with Gasteiger partial charge in [-0.2, -0.15) is 5.10 Å². The molecule has 5 nitrogen and oxygen atoms in total. The van der Waals surface area contributed by atoms with Crippen LogP contribution in [0.4, 0.5) is 0 Å². The van der Waals surface area contributed by atoms with Gasteiger partial charge in [0.25, 0.3) is 0 Å². The number of rotatable bonds is 3. The number of carbonyl (C=O) groups is 1. The number of H-pyrrole nitrogens is 1. The lowest BCUT2D eigenvalue weighted by Crippen LogP contribution is -2.41. The van der Waals surface area contributed by atoms with Gasteiger partial charge in [0.1, 0.15) is 0 Å². The van der Waals surface area contributed by atoms with Gasteiger partial charge < -0.3 is 10.6 Å². The maximum atomic E-state index is 12.1. The molecule has 1 aliphatic heterocycles. The van der Waals surface area contributed by atoms with Crippen LogP contribution in [0.3, 0.4) is 0 Å². The van der Waals surface area contributed by atoms with Crippen LogP contribution in [-0.4, -0.2) is 29.2 Å². The molecule has 0 radical (unpaired) electrons. The summed E-state index contributed by atoms with van der Waals surface area (Å²) in [5.74, 6) is 0.117. The third kappa shape index (κ3) is 2.09. The normalized spacial score (nSPS) is 26.6. The molecule has 0 spiro atoms. The van der Waals surface area contributed by atoms with Crippen LogP contribution in [0.2, 0.25) is 0 Å². The summed E-state index contributed by atoms with van der Waals surface area (Å²) >= 11 is 0. The van der Waals surface area contributed by atoms with Gasteiger partial charge in [-0.15, -0.1) is 0 Å². The maximum Gasteiger partial charge on any atom is 0.227 e. The Morgan fingerprint density at radius 1 is 1.69 bits per heavy atom. The second-order valence-electron chi connectivity index (χ2n) is 4.71. The van der Waals surface area contributed by atoms with E-state index in [4.69, 9.17) is 0 Å². The lowest BCUT2D eigenvalue weighted by atomic mass is 9.88. The first-order chi connectivity index (χ1) is 7.62. The molecule has 0 aromatic carbocycles. The molecule has 2 rings (SSSR count). The first-order valence-corrected chi connectivity index (χ1v) is 5.62. The number of carbonyl (C=O) groups excluding carboxylic acids is 1. The summed E-state index contributed by atoms with van der Waals surface area (Å²) in [6, 6.07) is 0.00340. The molecule has 1 amide bonds. The van der Waals surface area contributed by atoms with Gasteiger partial charge in [-0.25, -0.2) is 0 Å². The summed E-state index contributed by atoms with van der Waals surface area (Å²) in [6.45, 7) is 5.65. The minimum absolute atomic E-state index is 0.00340. The second-order valence-corrected chi connectivity index (χ2v) is 4.71. The van der Waals surface area contributed by atoms with Crippen LogP contribution < -0.4 is 10.6 Å². The Labute approximate surface area is 95.0 Å². The highest BCUT2D eigenvalue weighted by Gasteiger charge is 2.36. The molecule has 0 saturated carbocycles. The smallest absolute Gasteiger partial charge is 0.227 e. The minimum Gasteiger partial charge on any atom is -0.349 e. The fourth-order valence-electron chi connectivity index (χ4n) is 1.96. The minimum atomic E-state index is -0.266. The highest BCUT2D eigenvalue weighted by molar-refractivity contribution is 5.83. The molecule has 1 saturated heterocycles. The van der Waals surface area contributed by atoms with Crippen molar-refractivity contribution >= 4 is 5.91 Å². The van der Waals surface area contributed by atoms with Gasteiger partial charge in [0.15, 0.2) is 0 Å². The molecular formula is C11H18N4O. The summed E-state index contributed by atoms with van der Waals surface area (Å²) in [5.41, 5.74) is 0.737. The summed E-state index contributed by atoms with van der Waals surface area (Å²) in [5, 5.41) is 12.9. The zero-order valence-electron chi connectivity index (χ0n) is 9.71. The molecule has 0 aliphatic carbocycles. The van der Waals surface area contributed by atoms with E-state index in [0.717, 1.165) is 25.1 Å². The standard InChI is InChI=1S/C11H18N4O/c1-8(9-5-13-14-6-9)15-10(16)11(2)3-4-12-7-11/h5-6,8,12H,3-4,7H2,1-2H3,(H,13,14)(H,15,16). The van der Waals surface area contributed by atoms with E-state index in [1.54, 1.807) is 12.4 Å². The molecule has 88 valence electrons. The molecule has 2 heterocycles. The van der Waals surface area contributed by atoms with E-state index in [2.05, 4.69) is 20.8 Å². The SMILES string of the molecule is CC(NC(=O)C1(C)CCNC1)c1cn[nH]c1. The van der Waals surface area contributed by atoms with Crippen LogP contribution >= 0.6 is 0 Å². The highest BCUT2D eigenvalue weighted by atomic mass is 16.2. The molecule has 1 aromatic rings. The largest absolute Gasteiger partial charge is 0.349 e. The fraction of sp³-hybridized carbons (Fsp3) is 0.636. The van der Waals surface area contributed by atoms with E-state index in [-0.39, 0.29) is 17.4 Å². The van der Waals surface area contributed by atoms with Crippen molar-refractivity contribution in [1.29, 1.82) is 0 Å². The molecular weight excluding hydrogens is 204 g/mol. The van der Waals surface area contributed by atoms with Gasteiger partial charge in [-0.1, -0.05) is 0 Å². The number of nitrogens with zero attached hydrogens (tertiary/aromatic N) is 1. The van der Waals surface area contributed by atoms with Crippen molar-refractivity contribution in [2.24, 2.45) is 5.41 Å². The van der Waals surface area contributed by atoms with E-state index in [1.165, 1.54) is 0 Å². The predicted molar refractivity (Wildman–Crippen MR) is 60.7 cm³/mol. The number of nitrogens with one attached hydrogen (secondary N) is 3. The molecule has 1 aromatic heterocycles. The van der Waals surface area contributed by atoms with Crippen molar-refractivity contribution in [3.05, 3.63) is 18.0 Å². The van der Waals surface area contributed by atoms with E-state index in [0.29, 0.717) is 0 Å². The van der Waals surface area contributed by atoms with Gasteiger partial charge in [0.2, 0.25) is 5.91 Å². The summed E-state index contributed by atoms with van der Waals surface area (Å²) in [7, 11) is 0. The first-order valence-electron chi connectivity index (χ1n) is 5.62. The number of aromatic amines is 1. The quantitative estimate of drug-likeness (QED) is 0.701. The van der Waals surface area contributed by atoms with Crippen molar-refractivity contribution in [2.75, 3.05) is 13.1 Å². The zero-order valence-corrected chi connectivity index (χ0v) is 9.71. The van der Waals surface area contributed by atoms with E-state index in [9.17, 15) is 4.79 Å². The summed E-state index contributed by atoms with van der Waals surface area (Å²) < 4.78 is 0. The Bertz CT molecular complexity index is 354. The van der Waals surface area contributed by atoms with E-state index in [1.807, 2.05) is 13.8 Å². The number of hydrogen-bond acceptors (Lipinski definition) is 3. The van der Waals surface area contributed by atoms with Crippen LogP contribution in [0.15, 0.2) is 12.4 Å². The molecule has 3 N–H and O–H groups in total. The summed E-state index contributed by atoms with van der Waals surface area (Å²) in [6.07, 6.45) is 4.44. The molecule has 1 aliphatic rings. The Morgan fingerprint density at radius 3 is 3.06 bits per heavy atom. The van der Waals surface area contributed by atoms with E-state index >= 15 is 0 Å². The van der Waals surface area contributed by atoms with Crippen LogP contribution in [0.5, 0.6) is 0 Å². The number of hydrogen-bond donors (Lipinski definition) is 3. The molecule has 2 atom stereocenters. The van der Waals surface area contributed by atoms with Crippen molar-refractivity contribution in [3.63, 3.8) is 0 Å². The fourth-order valence-corrected chi connectivity index (χ4v) is 1.96. The van der Waals surface area contributed by atoms with Gasteiger partial charge >= 0.3 is 0 Å². The second kappa shape index (κ2) is 4.25. The molecule has 0 bridgehead atoms. The van der Waals surface area contributed by atoms with Crippen molar-refractivity contribution in [3.8, 4) is 0 Å². The van der Waals surface area contributed by atoms with Crippen LogP contribution in [0.1, 0.15) is 31.9 Å². The Morgan fingerprint density at radius 2 is 2.50 bits per heavy atom. The van der Waals surface area contributed by atoms with Crippen molar-refractivity contribution < 1.29 is 4.79 Å². The zero-order chi connectivity index (χ0) is 11.6. The third-order valence-electron chi connectivity index (χ3n) is 3.28. The third-order valence-corrected chi connectivity index (χ3v) is 3.28. The lowest BCUT2D eigenvalue weighted by molar-refractivity contribution is -0.129. The van der Waals surface area contributed by atoms with Crippen LogP contribution in [-0.2, 0) is 4.79 Å². The maximum absolute atomic E-state index is 12.1. The van der Waals surface area contributed by atoms with Crippen molar-refractivity contribution in [1.82, 2.24) is 20.8 Å². The average molecular weight is 222 g/mol. The average Bonchev–Trinajstić information content (AvgIpc) is 2.88. The van der Waals surface area contributed by atoms with Gasteiger partial charge in [0, 0.05) is 18.3 Å². The number of amides is 1. The highest BCUT2D eigenvalue weighted by Crippen LogP contribution is 2.25. The summed E-state index contributed by atoms with van der Waals surface area (Å²) in [4.78, 5) is 12.1. The van der Waals surface area contributed by atoms with Crippen LogP contribution in [0, 0.1) is 5.41 Å². The molecule has 5 heteroatoms. The molecule has 1 fully saturated rings. The lowest BCUT2D eigenvalue weighted by Gasteiger charge is -2.24. The molecule has 2 unspecified atom stereocenters. The van der Waals surface area contributed by atoms with E-state index < -0.39 is 0 Å². The van der Waals surface area contributed by atoms with Crippen LogP contribution in [0.25, 0.3) is 0 Å². The Kier molecular flexibility index (Phi) is 2.96. The molecule has 16 heavy (non-hydrogen) atoms. The Balaban J connectivity index is 1.97. The van der Waals surface area contributed by atoms with Gasteiger partial charge in [-0.05, 0) is 26.8 Å². The topological polar surface area (TPSA) is 69.8 Å². The van der Waals surface area contributed by atoms with Gasteiger partial charge in [0.05, 0.1) is 17.7 Å². The van der Waals surface area contributed by atoms with Gasteiger partial charge in [-0.3, -0.25) is 9.89 Å². The first kappa shape index (κ1) is 11.1. The van der Waals surface area contributed by atoms with Crippen molar-refractivity contribution in [2.45, 2.75) is 26.3 Å². The number of aromatic nitrogens is 2.